The Morgan fingerprint density at radius 1 is 1.05 bits per heavy atom. The van der Waals surface area contributed by atoms with Crippen molar-refractivity contribution in [2.24, 2.45) is 0 Å². The smallest absolute Gasteiger partial charge is 0.154 e. The van der Waals surface area contributed by atoms with Gasteiger partial charge in [0, 0.05) is 13.7 Å². The molecular weight excluding hydrogens is 244 g/mol. The van der Waals surface area contributed by atoms with Gasteiger partial charge in [0.05, 0.1) is 19.8 Å². The molecule has 19 heavy (non-hydrogen) atoms. The van der Waals surface area contributed by atoms with Gasteiger partial charge in [-0.1, -0.05) is 30.3 Å². The molecule has 1 aromatic carbocycles. The first-order chi connectivity index (χ1) is 9.26. The quantitative estimate of drug-likeness (QED) is 0.611. The van der Waals surface area contributed by atoms with E-state index in [2.05, 4.69) is 0 Å². The molecule has 0 amide bonds. The Bertz CT molecular complexity index is 315. The highest BCUT2D eigenvalue weighted by atomic mass is 16.7. The second kappa shape index (κ2) is 9.92. The van der Waals surface area contributed by atoms with E-state index in [-0.39, 0.29) is 12.4 Å². The van der Waals surface area contributed by atoms with Gasteiger partial charge in [0.15, 0.2) is 6.29 Å². The molecule has 4 nitrogen and oxygen atoms in total. The molecule has 0 N–H and O–H groups in total. The van der Waals surface area contributed by atoms with E-state index in [9.17, 15) is 0 Å². The van der Waals surface area contributed by atoms with Crippen LogP contribution in [-0.2, 0) is 25.6 Å². The maximum Gasteiger partial charge on any atom is 0.154 e. The van der Waals surface area contributed by atoms with Crippen LogP contribution in [0.3, 0.4) is 0 Å². The molecule has 0 aromatic heterocycles. The zero-order valence-corrected chi connectivity index (χ0v) is 12.0. The first-order valence-corrected chi connectivity index (χ1v) is 6.64. The minimum Gasteiger partial charge on any atom is -0.377 e. The third kappa shape index (κ3) is 7.28. The van der Waals surface area contributed by atoms with E-state index in [1.807, 2.05) is 44.2 Å². The molecule has 0 saturated heterocycles. The molecule has 0 aliphatic heterocycles. The molecule has 4 heteroatoms. The van der Waals surface area contributed by atoms with Crippen molar-refractivity contribution in [3.05, 3.63) is 35.9 Å². The molecule has 0 aliphatic carbocycles. The zero-order chi connectivity index (χ0) is 13.9. The number of hydrogen-bond acceptors (Lipinski definition) is 4. The van der Waals surface area contributed by atoms with Crippen molar-refractivity contribution < 1.29 is 18.9 Å². The molecule has 0 fully saturated rings. The van der Waals surface area contributed by atoms with Crippen LogP contribution in [0.2, 0.25) is 0 Å². The van der Waals surface area contributed by atoms with Crippen molar-refractivity contribution in [1.82, 2.24) is 0 Å². The summed E-state index contributed by atoms with van der Waals surface area (Å²) >= 11 is 0. The van der Waals surface area contributed by atoms with Gasteiger partial charge in [-0.05, 0) is 19.4 Å². The van der Waals surface area contributed by atoms with Crippen molar-refractivity contribution in [2.45, 2.75) is 32.8 Å². The monoisotopic (exact) mass is 268 g/mol. The van der Waals surface area contributed by atoms with Crippen LogP contribution >= 0.6 is 0 Å². The van der Waals surface area contributed by atoms with Gasteiger partial charge in [0.2, 0.25) is 0 Å². The first-order valence-electron chi connectivity index (χ1n) is 6.64. The van der Waals surface area contributed by atoms with Gasteiger partial charge in [0.25, 0.3) is 0 Å². The number of hydrogen-bond donors (Lipinski definition) is 0. The van der Waals surface area contributed by atoms with E-state index >= 15 is 0 Å². The number of benzene rings is 1. The van der Waals surface area contributed by atoms with Crippen LogP contribution in [-0.4, -0.2) is 39.3 Å². The fourth-order valence-corrected chi connectivity index (χ4v) is 1.59. The summed E-state index contributed by atoms with van der Waals surface area (Å²) in [6, 6.07) is 10.1. The Balaban J connectivity index is 2.18. The number of rotatable bonds is 10. The van der Waals surface area contributed by atoms with E-state index in [1.165, 1.54) is 0 Å². The Kier molecular flexibility index (Phi) is 8.41. The third-order valence-corrected chi connectivity index (χ3v) is 2.67. The van der Waals surface area contributed by atoms with Gasteiger partial charge in [-0.3, -0.25) is 0 Å². The lowest BCUT2D eigenvalue weighted by atomic mass is 10.2. The minimum absolute atomic E-state index is 0.0772. The Hall–Kier alpha value is -0.940. The van der Waals surface area contributed by atoms with Crippen molar-refractivity contribution in [1.29, 1.82) is 0 Å². The molecule has 2 atom stereocenters. The second-order valence-corrected chi connectivity index (χ2v) is 4.21. The summed E-state index contributed by atoms with van der Waals surface area (Å²) in [5.74, 6) is 0. The summed E-state index contributed by atoms with van der Waals surface area (Å²) in [6.45, 7) is 6.01. The molecule has 0 spiro atoms. The molecule has 0 saturated carbocycles. The number of ether oxygens (including phenoxy) is 4. The maximum atomic E-state index is 5.62. The molecule has 0 radical (unpaired) electrons. The van der Waals surface area contributed by atoms with Gasteiger partial charge in [-0.25, -0.2) is 0 Å². The Morgan fingerprint density at radius 2 is 1.79 bits per heavy atom. The zero-order valence-electron chi connectivity index (χ0n) is 12.0. The molecule has 1 rings (SSSR count). The fourth-order valence-electron chi connectivity index (χ4n) is 1.59. The average Bonchev–Trinajstić information content (AvgIpc) is 2.44. The normalized spacial score (nSPS) is 14.3. The predicted octanol–water partition coefficient (Wildman–Crippen LogP) is 2.62. The standard InChI is InChI=1S/C15H24O4/c1-4-18-13(2)19-12-15(16-3)11-17-10-14-8-6-5-7-9-14/h5-9,13,15H,4,10-12H2,1-3H3/t13?,15-/m1/s1. The summed E-state index contributed by atoms with van der Waals surface area (Å²) in [6.07, 6.45) is -0.289. The molecule has 1 unspecified atom stereocenters. The highest BCUT2D eigenvalue weighted by molar-refractivity contribution is 5.13. The summed E-state index contributed by atoms with van der Waals surface area (Å²) < 4.78 is 21.7. The van der Waals surface area contributed by atoms with Gasteiger partial charge in [-0.2, -0.15) is 0 Å². The highest BCUT2D eigenvalue weighted by Gasteiger charge is 2.10. The number of methoxy groups -OCH3 is 1. The molecular formula is C15H24O4. The summed E-state index contributed by atoms with van der Waals surface area (Å²) in [5, 5.41) is 0. The van der Waals surface area contributed by atoms with E-state index in [4.69, 9.17) is 18.9 Å². The van der Waals surface area contributed by atoms with Crippen LogP contribution < -0.4 is 0 Å². The first kappa shape index (κ1) is 16.1. The Labute approximate surface area is 115 Å². The van der Waals surface area contributed by atoms with E-state index in [1.54, 1.807) is 7.11 Å². The van der Waals surface area contributed by atoms with E-state index in [0.29, 0.717) is 26.4 Å². The van der Waals surface area contributed by atoms with Crippen LogP contribution in [0, 0.1) is 0 Å². The highest BCUT2D eigenvalue weighted by Crippen LogP contribution is 2.03. The lowest BCUT2D eigenvalue weighted by molar-refractivity contribution is -0.154. The van der Waals surface area contributed by atoms with Crippen molar-refractivity contribution in [3.63, 3.8) is 0 Å². The SMILES string of the molecule is CCOC(C)OC[C@@H](COCc1ccccc1)OC. The van der Waals surface area contributed by atoms with Gasteiger partial charge in [0.1, 0.15) is 6.10 Å². The summed E-state index contributed by atoms with van der Waals surface area (Å²) in [4.78, 5) is 0. The molecule has 108 valence electrons. The second-order valence-electron chi connectivity index (χ2n) is 4.21. The average molecular weight is 268 g/mol. The van der Waals surface area contributed by atoms with Gasteiger partial charge in [-0.15, -0.1) is 0 Å². The van der Waals surface area contributed by atoms with Crippen LogP contribution in [0.5, 0.6) is 0 Å². The van der Waals surface area contributed by atoms with E-state index < -0.39 is 0 Å². The lowest BCUT2D eigenvalue weighted by Gasteiger charge is -2.19. The van der Waals surface area contributed by atoms with Crippen molar-refractivity contribution >= 4 is 0 Å². The fraction of sp³-hybridized carbons (Fsp3) is 0.600. The maximum absolute atomic E-state index is 5.62. The van der Waals surface area contributed by atoms with Crippen LogP contribution in [0.4, 0.5) is 0 Å². The topological polar surface area (TPSA) is 36.9 Å². The third-order valence-electron chi connectivity index (χ3n) is 2.67. The largest absolute Gasteiger partial charge is 0.377 e. The minimum atomic E-state index is -0.211. The summed E-state index contributed by atoms with van der Waals surface area (Å²) in [5.41, 5.74) is 1.15. The van der Waals surface area contributed by atoms with Crippen LogP contribution in [0.25, 0.3) is 0 Å². The van der Waals surface area contributed by atoms with Crippen molar-refractivity contribution in [3.8, 4) is 0 Å². The molecule has 0 aliphatic rings. The van der Waals surface area contributed by atoms with Crippen LogP contribution in [0.1, 0.15) is 19.4 Å². The van der Waals surface area contributed by atoms with Crippen molar-refractivity contribution in [2.75, 3.05) is 26.9 Å². The van der Waals surface area contributed by atoms with Crippen LogP contribution in [0.15, 0.2) is 30.3 Å². The lowest BCUT2D eigenvalue weighted by Crippen LogP contribution is -2.27. The Morgan fingerprint density at radius 3 is 2.42 bits per heavy atom. The predicted molar refractivity (Wildman–Crippen MR) is 73.9 cm³/mol. The molecule has 0 bridgehead atoms. The van der Waals surface area contributed by atoms with Gasteiger partial charge < -0.3 is 18.9 Å². The van der Waals surface area contributed by atoms with E-state index in [0.717, 1.165) is 5.56 Å². The molecule has 0 heterocycles. The molecule has 1 aromatic rings. The van der Waals surface area contributed by atoms with Gasteiger partial charge >= 0.3 is 0 Å². The summed E-state index contributed by atoms with van der Waals surface area (Å²) in [7, 11) is 1.66.